The van der Waals surface area contributed by atoms with Crippen LogP contribution < -0.4 is 5.32 Å². The summed E-state index contributed by atoms with van der Waals surface area (Å²) >= 11 is 0. The van der Waals surface area contributed by atoms with Crippen molar-refractivity contribution in [3.63, 3.8) is 0 Å². The highest BCUT2D eigenvalue weighted by Crippen LogP contribution is 2.26. The van der Waals surface area contributed by atoms with E-state index in [1.54, 1.807) is 42.5 Å². The summed E-state index contributed by atoms with van der Waals surface area (Å²) in [6.45, 7) is 0. The molecule has 0 fully saturated rings. The molecule has 1 heterocycles. The van der Waals surface area contributed by atoms with Crippen LogP contribution in [0.3, 0.4) is 0 Å². The maximum atomic E-state index is 11.0. The molecule has 7 nitrogen and oxygen atoms in total. The highest BCUT2D eigenvalue weighted by atomic mass is 16.4. The summed E-state index contributed by atoms with van der Waals surface area (Å²) in [5, 5.41) is 21.8. The Morgan fingerprint density at radius 3 is 2.52 bits per heavy atom. The number of carbonyl (C=O) groups is 2. The average Bonchev–Trinajstić information content (AvgIpc) is 2.61. The molecule has 0 amide bonds. The molecule has 0 aliphatic heterocycles. The van der Waals surface area contributed by atoms with Gasteiger partial charge < -0.3 is 15.5 Å². The normalized spacial score (nSPS) is 10.3. The molecule has 0 atom stereocenters. The van der Waals surface area contributed by atoms with Gasteiger partial charge in [-0.15, -0.1) is 6.42 Å². The van der Waals surface area contributed by atoms with E-state index < -0.39 is 11.9 Å². The summed E-state index contributed by atoms with van der Waals surface area (Å²) in [6, 6.07) is 12.1. The molecule has 7 heteroatoms. The second kappa shape index (κ2) is 7.54. The van der Waals surface area contributed by atoms with Crippen molar-refractivity contribution < 1.29 is 19.8 Å². The Bertz CT molecular complexity index is 1090. The number of rotatable bonds is 6. The van der Waals surface area contributed by atoms with E-state index in [9.17, 15) is 9.59 Å². The quantitative estimate of drug-likeness (QED) is 0.579. The number of hydrogen-bond acceptors (Lipinski definition) is 5. The van der Waals surface area contributed by atoms with Crippen LogP contribution in [-0.2, 0) is 22.4 Å². The van der Waals surface area contributed by atoms with Crippen molar-refractivity contribution in [3.05, 3.63) is 59.4 Å². The predicted octanol–water partition coefficient (Wildman–Crippen LogP) is 2.61. The number of terminal acetylenes is 1. The Morgan fingerprint density at radius 2 is 1.81 bits per heavy atom. The summed E-state index contributed by atoms with van der Waals surface area (Å²) in [4.78, 5) is 30.6. The van der Waals surface area contributed by atoms with Gasteiger partial charge in [-0.1, -0.05) is 18.1 Å². The average molecular weight is 361 g/mol. The monoisotopic (exact) mass is 361 g/mol. The van der Waals surface area contributed by atoms with E-state index in [-0.39, 0.29) is 18.7 Å². The maximum absolute atomic E-state index is 11.0. The van der Waals surface area contributed by atoms with Gasteiger partial charge in [0.25, 0.3) is 0 Å². The molecule has 1 aromatic heterocycles. The first-order chi connectivity index (χ1) is 12.9. The lowest BCUT2D eigenvalue weighted by Crippen LogP contribution is -2.08. The van der Waals surface area contributed by atoms with Crippen LogP contribution in [0.25, 0.3) is 10.9 Å². The third-order valence-electron chi connectivity index (χ3n) is 3.76. The zero-order valence-electron chi connectivity index (χ0n) is 14.1. The van der Waals surface area contributed by atoms with Crippen LogP contribution in [0.2, 0.25) is 0 Å². The van der Waals surface area contributed by atoms with Crippen LogP contribution in [0.15, 0.2) is 42.5 Å². The maximum Gasteiger partial charge on any atom is 0.311 e. The summed E-state index contributed by atoms with van der Waals surface area (Å²) in [5.74, 6) is 1.08. The van der Waals surface area contributed by atoms with Crippen LogP contribution >= 0.6 is 0 Å². The van der Waals surface area contributed by atoms with Gasteiger partial charge in [0.15, 0.2) is 0 Å². The van der Waals surface area contributed by atoms with E-state index in [1.807, 2.05) is 0 Å². The highest BCUT2D eigenvalue weighted by molar-refractivity contribution is 5.92. The Balaban J connectivity index is 2.11. The second-order valence-electron chi connectivity index (χ2n) is 5.83. The minimum atomic E-state index is -1.04. The number of benzene rings is 2. The first-order valence-corrected chi connectivity index (χ1v) is 8.01. The van der Waals surface area contributed by atoms with Gasteiger partial charge in [0.05, 0.1) is 11.9 Å². The van der Waals surface area contributed by atoms with Crippen molar-refractivity contribution >= 4 is 34.3 Å². The van der Waals surface area contributed by atoms with Crippen LogP contribution in [0.1, 0.15) is 17.0 Å². The van der Waals surface area contributed by atoms with Gasteiger partial charge in [0.1, 0.15) is 18.1 Å². The van der Waals surface area contributed by atoms with Crippen LogP contribution in [0, 0.1) is 12.3 Å². The number of carboxylic acid groups (broad SMARTS) is 2. The topological polar surface area (TPSA) is 112 Å². The third-order valence-corrected chi connectivity index (χ3v) is 3.76. The minimum Gasteiger partial charge on any atom is -0.481 e. The molecule has 3 N–H and O–H groups in total. The molecule has 0 aliphatic rings. The van der Waals surface area contributed by atoms with Crippen molar-refractivity contribution in [1.82, 2.24) is 9.97 Å². The zero-order chi connectivity index (χ0) is 19.4. The summed E-state index contributed by atoms with van der Waals surface area (Å²) < 4.78 is 0. The number of nitrogens with one attached hydrogen (secondary N) is 1. The summed E-state index contributed by atoms with van der Waals surface area (Å²) in [6.07, 6.45) is 4.96. The van der Waals surface area contributed by atoms with E-state index in [2.05, 4.69) is 21.2 Å². The fraction of sp³-hybridized carbons (Fsp3) is 0.100. The lowest BCUT2D eigenvalue weighted by Gasteiger charge is -2.12. The number of aromatic nitrogens is 2. The van der Waals surface area contributed by atoms with E-state index in [1.165, 1.54) is 0 Å². The van der Waals surface area contributed by atoms with E-state index >= 15 is 0 Å². The molecular weight excluding hydrogens is 346 g/mol. The molecule has 0 saturated heterocycles. The SMILES string of the molecule is C#Cc1cccc(Nc2nc(CC(=O)O)nc3ccc(CC(=O)O)cc23)c1. The smallest absolute Gasteiger partial charge is 0.311 e. The molecule has 0 aliphatic carbocycles. The minimum absolute atomic E-state index is 0.140. The summed E-state index contributed by atoms with van der Waals surface area (Å²) in [7, 11) is 0. The van der Waals surface area contributed by atoms with Crippen LogP contribution in [-0.4, -0.2) is 32.1 Å². The lowest BCUT2D eigenvalue weighted by molar-refractivity contribution is -0.137. The fourth-order valence-corrected chi connectivity index (χ4v) is 2.64. The van der Waals surface area contributed by atoms with E-state index in [0.717, 1.165) is 0 Å². The molecule has 0 radical (unpaired) electrons. The Morgan fingerprint density at radius 1 is 1.04 bits per heavy atom. The number of aliphatic carboxylic acids is 2. The first-order valence-electron chi connectivity index (χ1n) is 8.01. The number of nitrogens with zero attached hydrogens (tertiary/aromatic N) is 2. The Hall–Kier alpha value is -3.92. The number of carboxylic acids is 2. The summed E-state index contributed by atoms with van der Waals surface area (Å²) in [5.41, 5.74) is 2.46. The number of fused-ring (bicyclic) bond motifs is 1. The molecular formula is C20H15N3O4. The fourth-order valence-electron chi connectivity index (χ4n) is 2.64. The molecule has 0 unspecified atom stereocenters. The standard InChI is InChI=1S/C20H15N3O4/c1-2-12-4-3-5-14(8-12)21-20-15-9-13(10-18(24)25)6-7-16(15)22-17(23-20)11-19(26)27/h1,3-9H,10-11H2,(H,24,25)(H,26,27)(H,21,22,23). The first kappa shape index (κ1) is 17.9. The van der Waals surface area contributed by atoms with Crippen molar-refractivity contribution in [2.24, 2.45) is 0 Å². The van der Waals surface area contributed by atoms with Crippen molar-refractivity contribution in [2.45, 2.75) is 12.8 Å². The molecule has 0 bridgehead atoms. The van der Waals surface area contributed by atoms with Gasteiger partial charge >= 0.3 is 11.9 Å². The van der Waals surface area contributed by atoms with E-state index in [0.29, 0.717) is 33.5 Å². The second-order valence-corrected chi connectivity index (χ2v) is 5.83. The molecule has 0 saturated carbocycles. The van der Waals surface area contributed by atoms with Crippen molar-refractivity contribution in [1.29, 1.82) is 0 Å². The van der Waals surface area contributed by atoms with Crippen molar-refractivity contribution in [2.75, 3.05) is 5.32 Å². The third kappa shape index (κ3) is 4.38. The largest absolute Gasteiger partial charge is 0.481 e. The van der Waals surface area contributed by atoms with Crippen LogP contribution in [0.5, 0.6) is 0 Å². The van der Waals surface area contributed by atoms with Gasteiger partial charge in [-0.3, -0.25) is 9.59 Å². The predicted molar refractivity (Wildman–Crippen MR) is 99.9 cm³/mol. The molecule has 3 rings (SSSR count). The van der Waals surface area contributed by atoms with Crippen LogP contribution in [0.4, 0.5) is 11.5 Å². The highest BCUT2D eigenvalue weighted by Gasteiger charge is 2.12. The van der Waals surface area contributed by atoms with Gasteiger partial charge in [-0.2, -0.15) is 0 Å². The molecule has 134 valence electrons. The Labute approximate surface area is 154 Å². The molecule has 27 heavy (non-hydrogen) atoms. The van der Waals surface area contributed by atoms with Crippen molar-refractivity contribution in [3.8, 4) is 12.3 Å². The molecule has 3 aromatic rings. The number of hydrogen-bond donors (Lipinski definition) is 3. The van der Waals surface area contributed by atoms with Gasteiger partial charge in [-0.05, 0) is 35.9 Å². The number of anilines is 2. The van der Waals surface area contributed by atoms with E-state index in [4.69, 9.17) is 16.6 Å². The zero-order valence-corrected chi connectivity index (χ0v) is 14.1. The Kier molecular flexibility index (Phi) is 4.99. The molecule has 2 aromatic carbocycles. The lowest BCUT2D eigenvalue weighted by atomic mass is 10.1. The molecule has 0 spiro atoms. The van der Waals surface area contributed by atoms with Gasteiger partial charge in [-0.25, -0.2) is 9.97 Å². The van der Waals surface area contributed by atoms with Gasteiger partial charge in [0.2, 0.25) is 0 Å². The van der Waals surface area contributed by atoms with Gasteiger partial charge in [0, 0.05) is 16.6 Å².